The minimum atomic E-state index is -0.932. The van der Waals surface area contributed by atoms with Crippen LogP contribution >= 0.6 is 11.3 Å². The molecule has 180 valence electrons. The number of Topliss-reactive ketones (excluding diaryl/α,β-unsaturated/α-hetero) is 1. The highest BCUT2D eigenvalue weighted by Gasteiger charge is 2.48. The molecular formula is C28H22N2O5S. The number of hydrogen-bond donors (Lipinski definition) is 1. The van der Waals surface area contributed by atoms with Crippen LogP contribution in [0.5, 0.6) is 0 Å². The molecule has 1 atom stereocenters. The molecule has 8 heteroatoms. The summed E-state index contributed by atoms with van der Waals surface area (Å²) in [6.45, 7) is 3.94. The first-order valence-corrected chi connectivity index (χ1v) is 12.0. The second-order valence-electron chi connectivity index (χ2n) is 8.57. The fourth-order valence-corrected chi connectivity index (χ4v) is 5.65. The van der Waals surface area contributed by atoms with Crippen molar-refractivity contribution < 1.29 is 24.2 Å². The van der Waals surface area contributed by atoms with Gasteiger partial charge >= 0.3 is 11.9 Å². The number of aryl methyl sites for hydroxylation is 2. The number of nitrogens with zero attached hydrogens (tertiary/aromatic N) is 2. The summed E-state index contributed by atoms with van der Waals surface area (Å²) in [5.41, 5.74) is 4.04. The van der Waals surface area contributed by atoms with E-state index >= 15 is 0 Å². The van der Waals surface area contributed by atoms with Crippen LogP contribution in [0.3, 0.4) is 0 Å². The average Bonchev–Trinajstić information content (AvgIpc) is 3.42. The molecule has 1 aliphatic heterocycles. The van der Waals surface area contributed by atoms with Crippen LogP contribution in [0.4, 0.5) is 5.13 Å². The van der Waals surface area contributed by atoms with E-state index in [9.17, 15) is 19.5 Å². The Labute approximate surface area is 211 Å². The molecule has 7 nitrogen and oxygen atoms in total. The number of esters is 1. The predicted octanol–water partition coefficient (Wildman–Crippen LogP) is 5.33. The van der Waals surface area contributed by atoms with Gasteiger partial charge in [0.2, 0.25) is 0 Å². The summed E-state index contributed by atoms with van der Waals surface area (Å²) in [6.07, 6.45) is 0. The van der Waals surface area contributed by atoms with Gasteiger partial charge in [0.25, 0.3) is 5.78 Å². The maximum atomic E-state index is 13.4. The van der Waals surface area contributed by atoms with E-state index < -0.39 is 23.7 Å². The number of amides is 1. The lowest BCUT2D eigenvalue weighted by Crippen LogP contribution is -2.29. The zero-order valence-electron chi connectivity index (χ0n) is 19.8. The summed E-state index contributed by atoms with van der Waals surface area (Å²) in [5.74, 6) is -2.35. The van der Waals surface area contributed by atoms with Crippen molar-refractivity contribution >= 4 is 50.1 Å². The lowest BCUT2D eigenvalue weighted by atomic mass is 9.95. The Hall–Kier alpha value is -4.30. The Morgan fingerprint density at radius 2 is 1.69 bits per heavy atom. The average molecular weight is 499 g/mol. The summed E-state index contributed by atoms with van der Waals surface area (Å²) in [4.78, 5) is 44.8. The first-order valence-electron chi connectivity index (χ1n) is 11.2. The van der Waals surface area contributed by atoms with Crippen molar-refractivity contribution in [2.24, 2.45) is 0 Å². The topological polar surface area (TPSA) is 96.8 Å². The Balaban J connectivity index is 1.72. The van der Waals surface area contributed by atoms with Crippen LogP contribution in [0.25, 0.3) is 16.0 Å². The van der Waals surface area contributed by atoms with Gasteiger partial charge in [-0.05, 0) is 48.7 Å². The van der Waals surface area contributed by atoms with Crippen LogP contribution in [0, 0.1) is 13.8 Å². The quantitative estimate of drug-likeness (QED) is 0.177. The molecule has 1 N–H and O–H groups in total. The molecule has 1 aliphatic rings. The molecule has 0 saturated carbocycles. The van der Waals surface area contributed by atoms with Gasteiger partial charge in [0.15, 0.2) is 5.13 Å². The number of anilines is 1. The number of hydrogen-bond acceptors (Lipinski definition) is 7. The second-order valence-corrected chi connectivity index (χ2v) is 9.58. The van der Waals surface area contributed by atoms with Crippen molar-refractivity contribution in [2.45, 2.75) is 19.9 Å². The fraction of sp³-hybridized carbons (Fsp3) is 0.143. The van der Waals surface area contributed by atoms with Gasteiger partial charge in [0, 0.05) is 5.56 Å². The first kappa shape index (κ1) is 23.4. The van der Waals surface area contributed by atoms with Crippen molar-refractivity contribution in [1.82, 2.24) is 4.98 Å². The van der Waals surface area contributed by atoms with Crippen LogP contribution in [-0.2, 0) is 14.3 Å². The van der Waals surface area contributed by atoms with Crippen molar-refractivity contribution in [2.75, 3.05) is 12.0 Å². The highest BCUT2D eigenvalue weighted by molar-refractivity contribution is 7.22. The van der Waals surface area contributed by atoms with E-state index in [1.807, 2.05) is 26.0 Å². The molecule has 1 amide bonds. The van der Waals surface area contributed by atoms with E-state index in [-0.39, 0.29) is 11.3 Å². The van der Waals surface area contributed by atoms with Gasteiger partial charge in [-0.1, -0.05) is 59.9 Å². The van der Waals surface area contributed by atoms with Crippen LogP contribution in [-0.4, -0.2) is 34.9 Å². The number of methoxy groups -OCH3 is 1. The highest BCUT2D eigenvalue weighted by atomic mass is 32.1. The molecule has 2 heterocycles. The number of benzene rings is 3. The largest absolute Gasteiger partial charge is 0.507 e. The predicted molar refractivity (Wildman–Crippen MR) is 138 cm³/mol. The molecule has 0 unspecified atom stereocenters. The molecule has 0 radical (unpaired) electrons. The summed E-state index contributed by atoms with van der Waals surface area (Å²) in [5, 5.41) is 11.6. The minimum absolute atomic E-state index is 0.0378. The van der Waals surface area contributed by atoms with E-state index in [0.717, 1.165) is 21.3 Å². The number of thiazole rings is 1. The molecule has 36 heavy (non-hydrogen) atoms. The van der Waals surface area contributed by atoms with Gasteiger partial charge < -0.3 is 9.84 Å². The summed E-state index contributed by atoms with van der Waals surface area (Å²) >= 11 is 1.31. The number of ether oxygens (including phenoxy) is 1. The van der Waals surface area contributed by atoms with Gasteiger partial charge in [-0.2, -0.15) is 0 Å². The third-order valence-electron chi connectivity index (χ3n) is 6.16. The third-order valence-corrected chi connectivity index (χ3v) is 7.17. The van der Waals surface area contributed by atoms with E-state index in [4.69, 9.17) is 9.72 Å². The Kier molecular flexibility index (Phi) is 5.89. The maximum absolute atomic E-state index is 13.4. The van der Waals surface area contributed by atoms with Crippen LogP contribution in [0.1, 0.15) is 38.7 Å². The lowest BCUT2D eigenvalue weighted by molar-refractivity contribution is -0.132. The second kappa shape index (κ2) is 9.05. The zero-order chi connectivity index (χ0) is 25.6. The molecule has 4 aromatic rings. The van der Waals surface area contributed by atoms with E-state index in [1.54, 1.807) is 54.6 Å². The highest BCUT2D eigenvalue weighted by Crippen LogP contribution is 2.44. The number of aliphatic hydroxyl groups excluding tert-OH is 1. The molecule has 0 bridgehead atoms. The molecular weight excluding hydrogens is 476 g/mol. The number of rotatable bonds is 4. The third kappa shape index (κ3) is 3.85. The minimum Gasteiger partial charge on any atom is -0.507 e. The molecule has 1 saturated heterocycles. The summed E-state index contributed by atoms with van der Waals surface area (Å²) in [7, 11) is 1.29. The van der Waals surface area contributed by atoms with Crippen LogP contribution in [0.15, 0.2) is 72.3 Å². The number of aromatic nitrogens is 1. The van der Waals surface area contributed by atoms with Gasteiger partial charge in [-0.15, -0.1) is 0 Å². The fourth-order valence-electron chi connectivity index (χ4n) is 4.48. The van der Waals surface area contributed by atoms with Crippen LogP contribution < -0.4 is 4.90 Å². The van der Waals surface area contributed by atoms with Gasteiger partial charge in [-0.3, -0.25) is 14.5 Å². The SMILES string of the molecule is COC(=O)c1ccc([C@@H]2C(=C(O)c3ccccc3)C(=O)C(=O)N2c2nc3c(C)cc(C)cc3s2)cc1. The lowest BCUT2D eigenvalue weighted by Gasteiger charge is -2.23. The van der Waals surface area contributed by atoms with Crippen LogP contribution in [0.2, 0.25) is 0 Å². The standard InChI is InChI=1S/C28H22N2O5S/c1-15-13-16(2)22-20(14-15)36-28(29-22)30-23(17-9-11-19(12-10-17)27(34)35-3)21(25(32)26(30)33)24(31)18-7-5-4-6-8-18/h4-14,23,31H,1-3H3/t23-/m1/s1. The maximum Gasteiger partial charge on any atom is 0.337 e. The Morgan fingerprint density at radius 3 is 2.36 bits per heavy atom. The van der Waals surface area contributed by atoms with Gasteiger partial charge in [0.05, 0.1) is 34.5 Å². The number of carbonyl (C=O) groups excluding carboxylic acids is 3. The Bertz CT molecular complexity index is 1550. The van der Waals surface area contributed by atoms with E-state index in [1.165, 1.54) is 23.3 Å². The smallest absolute Gasteiger partial charge is 0.337 e. The molecule has 1 fully saturated rings. The molecule has 0 spiro atoms. The number of aliphatic hydroxyl groups is 1. The number of carbonyl (C=O) groups is 3. The van der Waals surface area contributed by atoms with Crippen molar-refractivity contribution in [3.05, 3.63) is 100 Å². The first-order chi connectivity index (χ1) is 17.3. The summed E-state index contributed by atoms with van der Waals surface area (Å²) in [6, 6.07) is 18.1. The monoisotopic (exact) mass is 498 g/mol. The zero-order valence-corrected chi connectivity index (χ0v) is 20.6. The van der Waals surface area contributed by atoms with Gasteiger partial charge in [0.1, 0.15) is 5.76 Å². The van der Waals surface area contributed by atoms with Gasteiger partial charge in [-0.25, -0.2) is 9.78 Å². The summed E-state index contributed by atoms with van der Waals surface area (Å²) < 4.78 is 5.68. The van der Waals surface area contributed by atoms with Crippen molar-refractivity contribution in [3.63, 3.8) is 0 Å². The molecule has 1 aromatic heterocycles. The van der Waals surface area contributed by atoms with E-state index in [0.29, 0.717) is 21.8 Å². The number of fused-ring (bicyclic) bond motifs is 1. The van der Waals surface area contributed by atoms with Crippen molar-refractivity contribution in [3.8, 4) is 0 Å². The molecule has 0 aliphatic carbocycles. The van der Waals surface area contributed by atoms with E-state index in [2.05, 4.69) is 0 Å². The molecule has 5 rings (SSSR count). The number of ketones is 1. The van der Waals surface area contributed by atoms with Crippen molar-refractivity contribution in [1.29, 1.82) is 0 Å². The normalized spacial score (nSPS) is 17.1. The Morgan fingerprint density at radius 1 is 1.00 bits per heavy atom. The molecule has 3 aromatic carbocycles.